The zero-order valence-electron chi connectivity index (χ0n) is 13.6. The van der Waals surface area contributed by atoms with Crippen LogP contribution in [0.5, 0.6) is 5.75 Å². The summed E-state index contributed by atoms with van der Waals surface area (Å²) in [6, 6.07) is 2.29. The van der Waals surface area contributed by atoms with Crippen molar-refractivity contribution in [1.29, 1.82) is 5.41 Å². The number of nitrogens with zero attached hydrogens (tertiary/aromatic N) is 3. The number of benzene rings is 1. The molecule has 9 heteroatoms. The van der Waals surface area contributed by atoms with E-state index >= 15 is 0 Å². The minimum absolute atomic E-state index is 0. The summed E-state index contributed by atoms with van der Waals surface area (Å²) in [5.41, 5.74) is 6.23. The van der Waals surface area contributed by atoms with Gasteiger partial charge in [0.15, 0.2) is 0 Å². The van der Waals surface area contributed by atoms with E-state index in [1.807, 2.05) is 0 Å². The van der Waals surface area contributed by atoms with Crippen molar-refractivity contribution in [2.45, 2.75) is 13.5 Å². The highest BCUT2D eigenvalue weighted by atomic mass is 35.5. The molecule has 0 saturated heterocycles. The topological polar surface area (TPSA) is 80.2 Å². The molecule has 1 heterocycles. The Morgan fingerprint density at radius 2 is 1.92 bits per heavy atom. The smallest absolute Gasteiger partial charge is 0.150 e. The second-order valence-electron chi connectivity index (χ2n) is 5.17. The van der Waals surface area contributed by atoms with E-state index in [9.17, 15) is 8.78 Å². The summed E-state index contributed by atoms with van der Waals surface area (Å²) >= 11 is 0. The van der Waals surface area contributed by atoms with Crippen molar-refractivity contribution in [1.82, 2.24) is 9.78 Å². The number of ether oxygens (including phenoxy) is 1. The summed E-state index contributed by atoms with van der Waals surface area (Å²) in [6.07, 6.45) is 1.59. The Bertz CT molecular complexity index is 710. The summed E-state index contributed by atoms with van der Waals surface area (Å²) in [6.45, 7) is 1.95. The van der Waals surface area contributed by atoms with E-state index in [0.29, 0.717) is 12.3 Å². The average molecular weight is 360 g/mol. The second-order valence-corrected chi connectivity index (χ2v) is 5.17. The first-order valence-electron chi connectivity index (χ1n) is 7.03. The third-order valence-corrected chi connectivity index (χ3v) is 3.22. The second kappa shape index (κ2) is 7.96. The molecule has 0 aliphatic carbocycles. The molecular formula is C15H20ClF2N5O. The van der Waals surface area contributed by atoms with Gasteiger partial charge in [-0.3, -0.25) is 10.1 Å². The van der Waals surface area contributed by atoms with Crippen molar-refractivity contribution < 1.29 is 13.5 Å². The monoisotopic (exact) mass is 359 g/mol. The molecule has 2 rings (SSSR count). The maximum absolute atomic E-state index is 14.1. The molecule has 2 aromatic rings. The number of hydrogen-bond acceptors (Lipinski definition) is 4. The summed E-state index contributed by atoms with van der Waals surface area (Å²) < 4.78 is 34.7. The van der Waals surface area contributed by atoms with Gasteiger partial charge in [-0.25, -0.2) is 8.78 Å². The quantitative estimate of drug-likeness (QED) is 0.613. The number of nitrogens with one attached hydrogen (secondary N) is 1. The van der Waals surface area contributed by atoms with E-state index in [-0.39, 0.29) is 41.8 Å². The lowest BCUT2D eigenvalue weighted by atomic mass is 10.2. The Morgan fingerprint density at radius 1 is 1.33 bits per heavy atom. The number of anilines is 1. The molecule has 0 bridgehead atoms. The van der Waals surface area contributed by atoms with Crippen molar-refractivity contribution in [3.8, 4) is 5.75 Å². The third-order valence-electron chi connectivity index (χ3n) is 3.22. The number of hydrogen-bond donors (Lipinski definition) is 2. The van der Waals surface area contributed by atoms with Gasteiger partial charge in [-0.2, -0.15) is 5.10 Å². The number of aromatic nitrogens is 2. The van der Waals surface area contributed by atoms with Crippen molar-refractivity contribution >= 4 is 23.9 Å². The zero-order valence-corrected chi connectivity index (χ0v) is 14.5. The van der Waals surface area contributed by atoms with Crippen LogP contribution in [0.25, 0.3) is 0 Å². The van der Waals surface area contributed by atoms with Crippen LogP contribution in [0.2, 0.25) is 0 Å². The molecule has 24 heavy (non-hydrogen) atoms. The van der Waals surface area contributed by atoms with Crippen molar-refractivity contribution in [3.05, 3.63) is 41.2 Å². The predicted molar refractivity (Wildman–Crippen MR) is 91.4 cm³/mol. The Labute approximate surface area is 145 Å². The van der Waals surface area contributed by atoms with Crippen LogP contribution >= 0.6 is 12.4 Å². The summed E-state index contributed by atoms with van der Waals surface area (Å²) in [4.78, 5) is 1.73. The molecule has 0 saturated carbocycles. The first-order chi connectivity index (χ1) is 10.8. The molecular weight excluding hydrogens is 340 g/mol. The van der Waals surface area contributed by atoms with Gasteiger partial charge in [0.25, 0.3) is 0 Å². The van der Waals surface area contributed by atoms with E-state index in [2.05, 4.69) is 5.10 Å². The fourth-order valence-corrected chi connectivity index (χ4v) is 2.15. The summed E-state index contributed by atoms with van der Waals surface area (Å²) in [5.74, 6) is -1.48. The average Bonchev–Trinajstić information content (AvgIpc) is 2.88. The minimum Gasteiger partial charge on any atom is -0.494 e. The third kappa shape index (κ3) is 4.14. The molecule has 0 atom stereocenters. The number of amidine groups is 1. The first-order valence-corrected chi connectivity index (χ1v) is 7.03. The van der Waals surface area contributed by atoms with Crippen LogP contribution in [0.15, 0.2) is 18.3 Å². The zero-order chi connectivity index (χ0) is 17.1. The Kier molecular flexibility index (Phi) is 6.53. The maximum atomic E-state index is 14.1. The van der Waals surface area contributed by atoms with E-state index in [1.165, 1.54) is 4.68 Å². The lowest BCUT2D eigenvalue weighted by Gasteiger charge is -2.10. The van der Waals surface area contributed by atoms with Gasteiger partial charge in [-0.05, 0) is 6.92 Å². The van der Waals surface area contributed by atoms with Crippen molar-refractivity contribution in [2.75, 3.05) is 25.6 Å². The predicted octanol–water partition coefficient (Wildman–Crippen LogP) is 2.38. The highest BCUT2D eigenvalue weighted by Crippen LogP contribution is 2.23. The Morgan fingerprint density at radius 3 is 2.33 bits per heavy atom. The molecule has 0 fully saturated rings. The van der Waals surface area contributed by atoms with Crippen LogP contribution in [0, 0.1) is 17.0 Å². The van der Waals surface area contributed by atoms with E-state index in [0.717, 1.165) is 12.1 Å². The van der Waals surface area contributed by atoms with E-state index in [1.54, 1.807) is 32.1 Å². The maximum Gasteiger partial charge on any atom is 0.150 e. The molecule has 6 nitrogen and oxygen atoms in total. The first kappa shape index (κ1) is 19.7. The fourth-order valence-electron chi connectivity index (χ4n) is 2.15. The van der Waals surface area contributed by atoms with Gasteiger partial charge in [0.1, 0.15) is 28.9 Å². The van der Waals surface area contributed by atoms with Crippen LogP contribution in [0.4, 0.5) is 14.5 Å². The highest BCUT2D eigenvalue weighted by molar-refractivity contribution is 5.98. The molecule has 0 aliphatic rings. The van der Waals surface area contributed by atoms with Gasteiger partial charge in [-0.1, -0.05) is 0 Å². The van der Waals surface area contributed by atoms with Gasteiger partial charge >= 0.3 is 0 Å². The van der Waals surface area contributed by atoms with E-state index in [4.69, 9.17) is 15.9 Å². The molecule has 3 N–H and O–H groups in total. The van der Waals surface area contributed by atoms with Gasteiger partial charge in [0, 0.05) is 38.0 Å². The van der Waals surface area contributed by atoms with Crippen LogP contribution < -0.4 is 15.4 Å². The van der Waals surface area contributed by atoms with Crippen LogP contribution in [-0.2, 0) is 6.54 Å². The number of rotatable bonds is 6. The summed E-state index contributed by atoms with van der Waals surface area (Å²) in [5, 5.41) is 11.7. The highest BCUT2D eigenvalue weighted by Gasteiger charge is 2.17. The van der Waals surface area contributed by atoms with Gasteiger partial charge in [-0.15, -0.1) is 12.4 Å². The lowest BCUT2D eigenvalue weighted by molar-refractivity contribution is 0.335. The summed E-state index contributed by atoms with van der Waals surface area (Å²) in [7, 11) is 3.54. The molecule has 0 radical (unpaired) electrons. The SMILES string of the molecule is CCOc1cc(F)c(Cn2cc(N(C)C)c(C(=N)N)n2)c(F)c1.Cl. The van der Waals surface area contributed by atoms with Crippen LogP contribution in [0.1, 0.15) is 18.2 Å². The molecule has 1 aromatic carbocycles. The van der Waals surface area contributed by atoms with Gasteiger partial charge < -0.3 is 15.4 Å². The molecule has 0 aliphatic heterocycles. The molecule has 132 valence electrons. The van der Waals surface area contributed by atoms with Gasteiger partial charge in [0.05, 0.1) is 18.8 Å². The Hall–Kier alpha value is -2.35. The minimum atomic E-state index is -0.709. The molecule has 1 aromatic heterocycles. The van der Waals surface area contributed by atoms with Crippen molar-refractivity contribution in [3.63, 3.8) is 0 Å². The standard InChI is InChI=1S/C15H19F2N5O.ClH/c1-4-23-9-5-11(16)10(12(17)6-9)7-22-8-13(21(2)3)14(20-22)15(18)19;/h5-6,8H,4,7H2,1-3H3,(H3,18,19);1H. The molecule has 0 spiro atoms. The molecule has 0 amide bonds. The normalized spacial score (nSPS) is 10.2. The number of halogens is 3. The molecule has 0 unspecified atom stereocenters. The number of nitrogens with two attached hydrogens (primary N) is 1. The van der Waals surface area contributed by atoms with E-state index < -0.39 is 11.6 Å². The van der Waals surface area contributed by atoms with Crippen LogP contribution in [0.3, 0.4) is 0 Å². The largest absolute Gasteiger partial charge is 0.494 e. The Balaban J connectivity index is 0.00000288. The fraction of sp³-hybridized carbons (Fsp3) is 0.333. The van der Waals surface area contributed by atoms with Crippen molar-refractivity contribution in [2.24, 2.45) is 5.73 Å². The lowest BCUT2D eigenvalue weighted by Crippen LogP contribution is -2.18. The van der Waals surface area contributed by atoms with Crippen LogP contribution in [-0.4, -0.2) is 36.3 Å². The number of nitrogen functional groups attached to an aromatic ring is 1. The van der Waals surface area contributed by atoms with Gasteiger partial charge in [0.2, 0.25) is 0 Å².